The van der Waals surface area contributed by atoms with Gasteiger partial charge in [0.05, 0.1) is 0 Å². The minimum atomic E-state index is -4.10. The molecule has 0 aliphatic carbocycles. The Morgan fingerprint density at radius 1 is 1.30 bits per heavy atom. The van der Waals surface area contributed by atoms with Gasteiger partial charge in [0.25, 0.3) is 0 Å². The Morgan fingerprint density at radius 3 is 1.80 bits per heavy atom. The van der Waals surface area contributed by atoms with Crippen LogP contribution in [-0.4, -0.2) is 45.2 Å². The van der Waals surface area contributed by atoms with Crippen LogP contribution in [0.5, 0.6) is 0 Å². The van der Waals surface area contributed by atoms with E-state index in [1.165, 1.54) is 0 Å². The van der Waals surface area contributed by atoms with Gasteiger partial charge in [0.2, 0.25) is 0 Å². The number of carbonyl (C=O) groups is 1. The summed E-state index contributed by atoms with van der Waals surface area (Å²) in [7, 11) is -4.10. The van der Waals surface area contributed by atoms with Gasteiger partial charge in [-0.3, -0.25) is 4.79 Å². The summed E-state index contributed by atoms with van der Waals surface area (Å²) in [6.07, 6.45) is -0.407. The van der Waals surface area contributed by atoms with Gasteiger partial charge in [0.1, 0.15) is 0 Å². The summed E-state index contributed by atoms with van der Waals surface area (Å²) in [4.78, 5) is 34.5. The molecule has 7 heteroatoms. The van der Waals surface area contributed by atoms with Crippen LogP contribution in [0.4, 0.5) is 0 Å². The van der Waals surface area contributed by atoms with Crippen LogP contribution >= 0.6 is 0 Å². The molecule has 4 N–H and O–H groups in total. The van der Waals surface area contributed by atoms with E-state index in [-0.39, 0.29) is 11.0 Å². The molecule has 0 heterocycles. The first-order valence-corrected chi connectivity index (χ1v) is 4.35. The number of carboxylic acid groups (broad SMARTS) is 1. The van der Waals surface area contributed by atoms with Crippen molar-refractivity contribution >= 4 is 25.7 Å². The minimum absolute atomic E-state index is 0. The molecule has 0 fully saturated rings. The molecular formula is C3H12O5Si2. The summed E-state index contributed by atoms with van der Waals surface area (Å²) < 4.78 is 0. The SMILES string of the molecule is O=C(O)CC[Si](O)(O)O.[SiH4]. The van der Waals surface area contributed by atoms with Gasteiger partial charge in [-0.15, -0.1) is 0 Å². The van der Waals surface area contributed by atoms with Crippen LogP contribution in [0.15, 0.2) is 0 Å². The van der Waals surface area contributed by atoms with Crippen molar-refractivity contribution in [2.24, 2.45) is 0 Å². The predicted molar refractivity (Wildman–Crippen MR) is 40.8 cm³/mol. The lowest BCUT2D eigenvalue weighted by atomic mass is 10.5. The standard InChI is InChI=1S/C3H8O5Si.H4Si/c4-3(5)1-2-9(6,7)8;/h6-8H,1-2H2,(H,4,5);1H4. The lowest BCUT2D eigenvalue weighted by Gasteiger charge is -2.05. The van der Waals surface area contributed by atoms with Crippen LogP contribution < -0.4 is 0 Å². The van der Waals surface area contributed by atoms with Gasteiger partial charge in [0, 0.05) is 12.5 Å². The van der Waals surface area contributed by atoms with Gasteiger partial charge in [-0.2, -0.15) is 0 Å². The zero-order valence-corrected chi connectivity index (χ0v) is 5.61. The fourth-order valence-corrected chi connectivity index (χ4v) is 0.824. The van der Waals surface area contributed by atoms with E-state index in [1.807, 2.05) is 0 Å². The summed E-state index contributed by atoms with van der Waals surface area (Å²) >= 11 is 0. The molecule has 62 valence electrons. The molecule has 0 bridgehead atoms. The van der Waals surface area contributed by atoms with Gasteiger partial charge in [-0.05, 0) is 11.0 Å². The summed E-state index contributed by atoms with van der Waals surface area (Å²) in [5.41, 5.74) is 0. The second-order valence-electron chi connectivity index (χ2n) is 1.67. The third kappa shape index (κ3) is 10.7. The highest BCUT2D eigenvalue weighted by molar-refractivity contribution is 6.56. The maximum atomic E-state index is 9.73. The van der Waals surface area contributed by atoms with Crippen molar-refractivity contribution in [3.8, 4) is 0 Å². The average molecular weight is 184 g/mol. The van der Waals surface area contributed by atoms with Crippen molar-refractivity contribution in [1.82, 2.24) is 0 Å². The Morgan fingerprint density at radius 2 is 1.70 bits per heavy atom. The predicted octanol–water partition coefficient (Wildman–Crippen LogP) is -3.07. The summed E-state index contributed by atoms with van der Waals surface area (Å²) in [6.45, 7) is 0. The van der Waals surface area contributed by atoms with E-state index in [0.29, 0.717) is 0 Å². The van der Waals surface area contributed by atoms with Crippen LogP contribution in [0, 0.1) is 0 Å². The Hall–Kier alpha value is -0.216. The molecule has 0 saturated carbocycles. The average Bonchev–Trinajstić information content (AvgIpc) is 1.59. The maximum absolute atomic E-state index is 9.73. The van der Waals surface area contributed by atoms with Crippen LogP contribution in [-0.2, 0) is 4.79 Å². The Kier molecular flexibility index (Phi) is 5.70. The largest absolute Gasteiger partial charge is 0.493 e. The van der Waals surface area contributed by atoms with Gasteiger partial charge < -0.3 is 19.5 Å². The third-order valence-corrected chi connectivity index (χ3v) is 1.60. The molecule has 0 aliphatic rings. The molecule has 0 aromatic rings. The van der Waals surface area contributed by atoms with Crippen molar-refractivity contribution < 1.29 is 24.3 Å². The first kappa shape index (κ1) is 12.5. The van der Waals surface area contributed by atoms with E-state index in [1.54, 1.807) is 0 Å². The smallest absolute Gasteiger partial charge is 0.481 e. The van der Waals surface area contributed by atoms with Crippen molar-refractivity contribution in [2.45, 2.75) is 12.5 Å². The highest BCUT2D eigenvalue weighted by Crippen LogP contribution is 1.99. The second kappa shape index (κ2) is 4.58. The Balaban J connectivity index is 0. The topological polar surface area (TPSA) is 98.0 Å². The van der Waals surface area contributed by atoms with Gasteiger partial charge in [-0.25, -0.2) is 0 Å². The van der Waals surface area contributed by atoms with Crippen molar-refractivity contribution in [3.63, 3.8) is 0 Å². The third-order valence-electron chi connectivity index (χ3n) is 0.674. The molecule has 0 unspecified atom stereocenters. The van der Waals surface area contributed by atoms with E-state index in [4.69, 9.17) is 19.5 Å². The fraction of sp³-hybridized carbons (Fsp3) is 0.667. The summed E-state index contributed by atoms with van der Waals surface area (Å²) in [5, 5.41) is 7.97. The van der Waals surface area contributed by atoms with Gasteiger partial charge in [0.15, 0.2) is 0 Å². The van der Waals surface area contributed by atoms with Crippen molar-refractivity contribution in [1.29, 1.82) is 0 Å². The highest BCUT2D eigenvalue weighted by atomic mass is 28.4. The van der Waals surface area contributed by atoms with Crippen LogP contribution in [0.25, 0.3) is 0 Å². The van der Waals surface area contributed by atoms with Crippen LogP contribution in [0.1, 0.15) is 6.42 Å². The van der Waals surface area contributed by atoms with Gasteiger partial charge >= 0.3 is 14.8 Å². The quantitative estimate of drug-likeness (QED) is 0.349. The summed E-state index contributed by atoms with van der Waals surface area (Å²) in [5.74, 6) is -1.15. The van der Waals surface area contributed by atoms with E-state index in [9.17, 15) is 4.79 Å². The lowest BCUT2D eigenvalue weighted by Crippen LogP contribution is -2.34. The molecule has 0 amide bonds. The number of carboxylic acids is 1. The molecule has 0 atom stereocenters. The number of aliphatic carboxylic acids is 1. The molecule has 10 heavy (non-hydrogen) atoms. The number of hydrogen-bond acceptors (Lipinski definition) is 4. The second-order valence-corrected chi connectivity index (χ2v) is 3.72. The molecule has 0 aromatic carbocycles. The van der Waals surface area contributed by atoms with Crippen molar-refractivity contribution in [2.75, 3.05) is 0 Å². The molecule has 0 aliphatic heterocycles. The molecule has 0 aromatic heterocycles. The minimum Gasteiger partial charge on any atom is -0.481 e. The number of hydrogen-bond donors (Lipinski definition) is 4. The molecule has 0 spiro atoms. The van der Waals surface area contributed by atoms with E-state index in [0.717, 1.165) is 0 Å². The first-order valence-electron chi connectivity index (χ1n) is 2.31. The van der Waals surface area contributed by atoms with Gasteiger partial charge in [-0.1, -0.05) is 0 Å². The molecule has 5 nitrogen and oxygen atoms in total. The summed E-state index contributed by atoms with van der Waals surface area (Å²) in [6, 6.07) is -0.442. The zero-order chi connectivity index (χ0) is 7.49. The normalized spacial score (nSPS) is 10.3. The molecule has 0 radical (unpaired) electrons. The van der Waals surface area contributed by atoms with Crippen molar-refractivity contribution in [3.05, 3.63) is 0 Å². The highest BCUT2D eigenvalue weighted by Gasteiger charge is 2.27. The van der Waals surface area contributed by atoms with E-state index >= 15 is 0 Å². The molecular weight excluding hydrogens is 172 g/mol. The zero-order valence-electron chi connectivity index (χ0n) is 4.61. The number of rotatable bonds is 3. The van der Waals surface area contributed by atoms with E-state index < -0.39 is 27.2 Å². The Bertz CT molecular complexity index is 108. The lowest BCUT2D eigenvalue weighted by molar-refractivity contribution is -0.136. The van der Waals surface area contributed by atoms with E-state index in [2.05, 4.69) is 0 Å². The van der Waals surface area contributed by atoms with Crippen LogP contribution in [0.2, 0.25) is 6.04 Å². The maximum Gasteiger partial charge on any atom is 0.493 e. The first-order chi connectivity index (χ1) is 3.92. The monoisotopic (exact) mass is 184 g/mol. The molecule has 0 rings (SSSR count). The molecule has 0 saturated heterocycles. The Labute approximate surface area is 63.3 Å². The fourth-order valence-electron chi connectivity index (χ4n) is 0.275. The van der Waals surface area contributed by atoms with Crippen LogP contribution in [0.3, 0.4) is 0 Å².